The molecular formula is C14H19NO4. The molecule has 2 rings (SSSR count). The fourth-order valence-electron chi connectivity index (χ4n) is 2.66. The number of hydrogen-bond donors (Lipinski definition) is 2. The molecule has 1 aromatic carbocycles. The van der Waals surface area contributed by atoms with Gasteiger partial charge in [-0.3, -0.25) is 4.79 Å². The van der Waals surface area contributed by atoms with Crippen LogP contribution in [0, 0.1) is 13.8 Å². The number of carboxylic acid groups (broad SMARTS) is 1. The Morgan fingerprint density at radius 3 is 2.53 bits per heavy atom. The molecule has 0 radical (unpaired) electrons. The van der Waals surface area contributed by atoms with Gasteiger partial charge in [0.05, 0.1) is 25.7 Å². The maximum Gasteiger partial charge on any atom is 0.321 e. The highest BCUT2D eigenvalue weighted by atomic mass is 16.5. The Morgan fingerprint density at radius 1 is 1.47 bits per heavy atom. The van der Waals surface area contributed by atoms with Gasteiger partial charge < -0.3 is 20.3 Å². The van der Waals surface area contributed by atoms with Crippen molar-refractivity contribution in [1.29, 1.82) is 0 Å². The van der Waals surface area contributed by atoms with E-state index in [4.69, 9.17) is 15.2 Å². The van der Waals surface area contributed by atoms with E-state index >= 15 is 0 Å². The second-order valence-electron chi connectivity index (χ2n) is 5.13. The minimum Gasteiger partial charge on any atom is -0.496 e. The first-order valence-corrected chi connectivity index (χ1v) is 6.14. The first-order chi connectivity index (χ1) is 8.92. The van der Waals surface area contributed by atoms with Gasteiger partial charge in [0.15, 0.2) is 0 Å². The molecule has 1 aromatic rings. The van der Waals surface area contributed by atoms with Crippen LogP contribution in [-0.4, -0.2) is 37.4 Å². The maximum absolute atomic E-state index is 11.3. The Hall–Kier alpha value is -1.59. The lowest BCUT2D eigenvalue weighted by molar-refractivity contribution is -0.148. The highest BCUT2D eigenvalue weighted by molar-refractivity contribution is 5.77. The molecule has 19 heavy (non-hydrogen) atoms. The van der Waals surface area contributed by atoms with E-state index in [1.807, 2.05) is 26.0 Å². The fourth-order valence-corrected chi connectivity index (χ4v) is 2.66. The Bertz CT molecular complexity index is 508. The van der Waals surface area contributed by atoms with Crippen LogP contribution in [0.25, 0.3) is 0 Å². The number of benzene rings is 1. The molecule has 5 heteroatoms. The van der Waals surface area contributed by atoms with Gasteiger partial charge in [-0.15, -0.1) is 0 Å². The van der Waals surface area contributed by atoms with Crippen LogP contribution in [0.1, 0.15) is 16.7 Å². The number of ether oxygens (including phenoxy) is 2. The van der Waals surface area contributed by atoms with Crippen molar-refractivity contribution in [3.8, 4) is 5.75 Å². The molecule has 0 amide bonds. The lowest BCUT2D eigenvalue weighted by Crippen LogP contribution is -2.62. The quantitative estimate of drug-likeness (QED) is 0.848. The summed E-state index contributed by atoms with van der Waals surface area (Å²) in [6, 6.07) is 2.94. The third-order valence-corrected chi connectivity index (χ3v) is 3.74. The summed E-state index contributed by atoms with van der Waals surface area (Å²) in [6.07, 6.45) is 0. The van der Waals surface area contributed by atoms with Crippen LogP contribution in [0.4, 0.5) is 0 Å². The van der Waals surface area contributed by atoms with Crippen molar-refractivity contribution in [3.05, 3.63) is 28.8 Å². The Labute approximate surface area is 112 Å². The zero-order valence-electron chi connectivity index (χ0n) is 11.4. The molecule has 1 unspecified atom stereocenters. The number of methoxy groups -OCH3 is 1. The summed E-state index contributed by atoms with van der Waals surface area (Å²) in [5.41, 5.74) is 8.03. The van der Waals surface area contributed by atoms with Gasteiger partial charge in [-0.2, -0.15) is 0 Å². The number of aryl methyl sites for hydroxylation is 2. The van der Waals surface area contributed by atoms with E-state index < -0.39 is 17.4 Å². The van der Waals surface area contributed by atoms with Crippen LogP contribution in [0.15, 0.2) is 12.1 Å². The van der Waals surface area contributed by atoms with Crippen molar-refractivity contribution in [1.82, 2.24) is 0 Å². The normalized spacial score (nSPS) is 18.5. The zero-order chi connectivity index (χ0) is 14.2. The largest absolute Gasteiger partial charge is 0.496 e. The van der Waals surface area contributed by atoms with Gasteiger partial charge in [0.25, 0.3) is 0 Å². The molecule has 0 bridgehead atoms. The van der Waals surface area contributed by atoms with Gasteiger partial charge in [-0.1, -0.05) is 17.7 Å². The minimum absolute atomic E-state index is 0.305. The average molecular weight is 265 g/mol. The third-order valence-electron chi connectivity index (χ3n) is 3.74. The van der Waals surface area contributed by atoms with Crippen LogP contribution in [0.2, 0.25) is 0 Å². The molecule has 1 saturated heterocycles. The molecule has 1 aliphatic heterocycles. The summed E-state index contributed by atoms with van der Waals surface area (Å²) in [6.45, 7) is 4.52. The second kappa shape index (κ2) is 4.83. The topological polar surface area (TPSA) is 81.8 Å². The van der Waals surface area contributed by atoms with Crippen LogP contribution in [0.3, 0.4) is 0 Å². The lowest BCUT2D eigenvalue weighted by atomic mass is 9.71. The molecule has 3 N–H and O–H groups in total. The summed E-state index contributed by atoms with van der Waals surface area (Å²) in [7, 11) is 1.58. The summed E-state index contributed by atoms with van der Waals surface area (Å²) in [5, 5.41) is 9.22. The number of carboxylic acids is 1. The Morgan fingerprint density at radius 2 is 2.11 bits per heavy atom. The SMILES string of the molecule is COc1c(C)cc(C)cc1C1(C(N)C(=O)O)COC1. The van der Waals surface area contributed by atoms with Crippen LogP contribution in [0.5, 0.6) is 5.75 Å². The fraction of sp³-hybridized carbons (Fsp3) is 0.500. The highest BCUT2D eigenvalue weighted by Crippen LogP contribution is 2.42. The van der Waals surface area contributed by atoms with E-state index in [-0.39, 0.29) is 0 Å². The number of carbonyl (C=O) groups is 1. The summed E-state index contributed by atoms with van der Waals surface area (Å²) < 4.78 is 10.7. The van der Waals surface area contributed by atoms with E-state index in [1.54, 1.807) is 7.11 Å². The molecule has 0 saturated carbocycles. The molecule has 1 heterocycles. The molecule has 1 atom stereocenters. The van der Waals surface area contributed by atoms with E-state index in [2.05, 4.69) is 0 Å². The van der Waals surface area contributed by atoms with Gasteiger partial charge >= 0.3 is 5.97 Å². The van der Waals surface area contributed by atoms with Crippen molar-refractivity contribution in [2.75, 3.05) is 20.3 Å². The van der Waals surface area contributed by atoms with E-state index in [0.29, 0.717) is 19.0 Å². The first-order valence-electron chi connectivity index (χ1n) is 6.14. The summed E-state index contributed by atoms with van der Waals surface area (Å²) in [5.74, 6) is -0.324. The van der Waals surface area contributed by atoms with E-state index in [0.717, 1.165) is 16.7 Å². The molecular weight excluding hydrogens is 246 g/mol. The third kappa shape index (κ3) is 2.09. The number of aliphatic carboxylic acids is 1. The van der Waals surface area contributed by atoms with Crippen LogP contribution < -0.4 is 10.5 Å². The smallest absolute Gasteiger partial charge is 0.321 e. The van der Waals surface area contributed by atoms with Crippen molar-refractivity contribution >= 4 is 5.97 Å². The van der Waals surface area contributed by atoms with Crippen LogP contribution in [-0.2, 0) is 14.9 Å². The second-order valence-corrected chi connectivity index (χ2v) is 5.13. The number of hydrogen-bond acceptors (Lipinski definition) is 4. The maximum atomic E-state index is 11.3. The molecule has 0 spiro atoms. The predicted octanol–water partition coefficient (Wildman–Crippen LogP) is 0.992. The minimum atomic E-state index is -1.02. The zero-order valence-corrected chi connectivity index (χ0v) is 11.4. The number of nitrogens with two attached hydrogens (primary N) is 1. The Balaban J connectivity index is 2.58. The van der Waals surface area contributed by atoms with E-state index in [1.165, 1.54) is 0 Å². The molecule has 0 aromatic heterocycles. The number of rotatable bonds is 4. The molecule has 1 fully saturated rings. The van der Waals surface area contributed by atoms with Gasteiger partial charge in [-0.25, -0.2) is 0 Å². The average Bonchev–Trinajstić information content (AvgIpc) is 2.26. The van der Waals surface area contributed by atoms with Crippen molar-refractivity contribution < 1.29 is 19.4 Å². The predicted molar refractivity (Wildman–Crippen MR) is 70.6 cm³/mol. The van der Waals surface area contributed by atoms with Gasteiger partial charge in [0.2, 0.25) is 0 Å². The van der Waals surface area contributed by atoms with Crippen molar-refractivity contribution in [2.45, 2.75) is 25.3 Å². The van der Waals surface area contributed by atoms with Gasteiger partial charge in [-0.05, 0) is 19.4 Å². The van der Waals surface area contributed by atoms with Crippen LogP contribution >= 0.6 is 0 Å². The highest BCUT2D eigenvalue weighted by Gasteiger charge is 2.50. The molecule has 1 aliphatic rings. The first kappa shape index (κ1) is 13.8. The van der Waals surface area contributed by atoms with E-state index in [9.17, 15) is 9.90 Å². The summed E-state index contributed by atoms with van der Waals surface area (Å²) in [4.78, 5) is 11.3. The monoisotopic (exact) mass is 265 g/mol. The van der Waals surface area contributed by atoms with Crippen molar-refractivity contribution in [3.63, 3.8) is 0 Å². The standard InChI is InChI=1S/C14H19NO4/c1-8-4-9(2)11(18-3)10(5-8)14(6-19-7-14)12(15)13(16)17/h4-5,12H,6-7,15H2,1-3H3,(H,16,17). The Kier molecular flexibility index (Phi) is 3.52. The summed E-state index contributed by atoms with van der Waals surface area (Å²) >= 11 is 0. The lowest BCUT2D eigenvalue weighted by Gasteiger charge is -2.45. The van der Waals surface area contributed by atoms with Gasteiger partial charge in [0, 0.05) is 5.56 Å². The molecule has 0 aliphatic carbocycles. The molecule has 104 valence electrons. The van der Waals surface area contributed by atoms with Crippen molar-refractivity contribution in [2.24, 2.45) is 5.73 Å². The molecule has 5 nitrogen and oxygen atoms in total. The van der Waals surface area contributed by atoms with Gasteiger partial charge in [0.1, 0.15) is 11.8 Å².